The Morgan fingerprint density at radius 3 is 1.07 bits per heavy atom. The van der Waals surface area contributed by atoms with Gasteiger partial charge >= 0.3 is 11.9 Å². The maximum absolute atomic E-state index is 13.2. The molecule has 0 saturated heterocycles. The van der Waals surface area contributed by atoms with Gasteiger partial charge in [-0.05, 0) is 114 Å². The molecule has 0 unspecified atom stereocenters. The minimum atomic E-state index is -4.25. The van der Waals surface area contributed by atoms with Crippen LogP contribution in [-0.2, 0) is 65.0 Å². The van der Waals surface area contributed by atoms with E-state index < -0.39 is 20.2 Å². The monoisotopic (exact) mass is 1240 g/mol. The van der Waals surface area contributed by atoms with Gasteiger partial charge in [0.25, 0.3) is 0 Å². The Balaban J connectivity index is 0.000000507. The molecule has 22 heteroatoms. The lowest BCUT2D eigenvalue weighted by atomic mass is 9.86. The quantitative estimate of drug-likeness (QED) is 0.0213. The second kappa shape index (κ2) is 31.9. The molecule has 2 aliphatic rings. The van der Waals surface area contributed by atoms with Gasteiger partial charge in [-0.25, -0.2) is 16.8 Å². The van der Waals surface area contributed by atoms with Crippen LogP contribution in [0.5, 0.6) is 46.0 Å². The van der Waals surface area contributed by atoms with Crippen LogP contribution >= 0.6 is 0 Å². The minimum absolute atomic E-state index is 0.0393. The fourth-order valence-corrected chi connectivity index (χ4v) is 12.1. The van der Waals surface area contributed by atoms with Crippen molar-refractivity contribution in [2.75, 3.05) is 110 Å². The minimum Gasteiger partial charge on any atom is -0.744 e. The first-order chi connectivity index (χ1) is 41.6. The maximum atomic E-state index is 13.2. The third-order valence-corrected chi connectivity index (χ3v) is 17.8. The lowest BCUT2D eigenvalue weighted by Crippen LogP contribution is -2.53. The molecule has 0 radical (unpaired) electrons. The molecule has 0 bridgehead atoms. The van der Waals surface area contributed by atoms with E-state index in [2.05, 4.69) is 50.5 Å². The first kappa shape index (κ1) is 68.5. The lowest BCUT2D eigenvalue weighted by Gasteiger charge is -2.46. The van der Waals surface area contributed by atoms with E-state index in [4.69, 9.17) is 47.4 Å². The summed E-state index contributed by atoms with van der Waals surface area (Å²) in [6, 6.07) is 34.9. The zero-order valence-electron chi connectivity index (χ0n) is 51.4. The Morgan fingerprint density at radius 1 is 0.437 bits per heavy atom. The Labute approximate surface area is 512 Å². The van der Waals surface area contributed by atoms with Crippen LogP contribution < -0.4 is 37.9 Å². The average Bonchev–Trinajstić information content (AvgIpc) is 1.78. The number of carbonyl (C=O) groups excluding carboxylic acids is 2. The highest BCUT2D eigenvalue weighted by molar-refractivity contribution is 7.86. The zero-order valence-corrected chi connectivity index (χ0v) is 53.0. The summed E-state index contributed by atoms with van der Waals surface area (Å²) in [6.07, 6.45) is 5.85. The highest BCUT2D eigenvalue weighted by Crippen LogP contribution is 2.45. The van der Waals surface area contributed by atoms with E-state index in [-0.39, 0.29) is 33.8 Å². The summed E-state index contributed by atoms with van der Waals surface area (Å²) in [5.74, 6) is 5.06. The number of methoxy groups -OCH3 is 8. The highest BCUT2D eigenvalue weighted by Gasteiger charge is 2.42. The number of likely N-dealkylation sites (N-methyl/N-ethyl adjacent to an activating group) is 2. The molecule has 20 nitrogen and oxygen atoms in total. The van der Waals surface area contributed by atoms with Gasteiger partial charge in [0.05, 0.1) is 133 Å². The summed E-state index contributed by atoms with van der Waals surface area (Å²) in [5.41, 5.74) is 7.00. The number of rotatable bonds is 26. The highest BCUT2D eigenvalue weighted by atomic mass is 32.2. The van der Waals surface area contributed by atoms with Gasteiger partial charge in [-0.3, -0.25) is 9.59 Å². The molecule has 4 atom stereocenters. The molecule has 6 aromatic rings. The molecular weight excluding hydrogens is 1160 g/mol. The molecule has 6 aromatic carbocycles. The van der Waals surface area contributed by atoms with Crippen molar-refractivity contribution in [1.29, 1.82) is 0 Å². The Morgan fingerprint density at radius 2 is 0.759 bits per heavy atom. The summed E-state index contributed by atoms with van der Waals surface area (Å²) in [7, 11) is 9.11. The first-order valence-electron chi connectivity index (χ1n) is 28.5. The Kier molecular flexibility index (Phi) is 25.1. The standard InChI is InChI=1S/C53H72N2O12.2C6H6O3S/c1-54(22-18-38-32-48(62-7)50(64-9)34-40(38)42(54)28-36-14-16-44(58-3)46(30-36)60-5)24-20-52(56)66-26-12-11-13-27-67-53(57)21-25-55(2)23-19-39-33-49(63-8)51(65-10)35-41(39)43(55)29-37-15-17-45(59-4)47(31-37)61-6;2*7-10(8,9)6-4-2-1-3-5-6/h14-17,30-35,42-43H,11-13,18-29H2,1-10H3;2*1-5H,(H,7,8,9)/q+2;;/p-2/t42-,43-,54+,55+;;/m1../s1. The van der Waals surface area contributed by atoms with Gasteiger partial charge in [0, 0.05) is 36.8 Å². The van der Waals surface area contributed by atoms with Crippen LogP contribution in [0.3, 0.4) is 0 Å². The van der Waals surface area contributed by atoms with Gasteiger partial charge in [-0.15, -0.1) is 0 Å². The number of hydrogen-bond acceptors (Lipinski definition) is 18. The van der Waals surface area contributed by atoms with Gasteiger partial charge in [0.15, 0.2) is 46.0 Å². The number of carbonyl (C=O) groups is 2. The molecular formula is C65H82N2O18S2. The number of benzene rings is 6. The molecule has 0 amide bonds. The van der Waals surface area contributed by atoms with Gasteiger partial charge in [-0.1, -0.05) is 48.5 Å². The summed E-state index contributed by atoms with van der Waals surface area (Å²) in [5, 5.41) is 0. The Bertz CT molecular complexity index is 3230. The maximum Gasteiger partial charge on any atom is 0.311 e. The van der Waals surface area contributed by atoms with Crippen molar-refractivity contribution < 1.29 is 91.9 Å². The number of quaternary nitrogens is 2. The second-order valence-electron chi connectivity index (χ2n) is 21.5. The largest absolute Gasteiger partial charge is 0.744 e. The van der Waals surface area contributed by atoms with Crippen molar-refractivity contribution in [3.8, 4) is 46.0 Å². The van der Waals surface area contributed by atoms with Gasteiger partial charge in [0.2, 0.25) is 0 Å². The number of hydrogen-bond donors (Lipinski definition) is 0. The molecule has 0 N–H and O–H groups in total. The van der Waals surface area contributed by atoms with Crippen LogP contribution in [0, 0.1) is 0 Å². The lowest BCUT2D eigenvalue weighted by molar-refractivity contribution is -0.940. The third-order valence-electron chi connectivity index (χ3n) is 16.1. The molecule has 0 fully saturated rings. The predicted octanol–water partition coefficient (Wildman–Crippen LogP) is 9.25. The summed E-state index contributed by atoms with van der Waals surface area (Å²) in [6.45, 7) is 3.57. The van der Waals surface area contributed by atoms with Crippen LogP contribution in [0.25, 0.3) is 0 Å². The zero-order chi connectivity index (χ0) is 63.4. The molecule has 0 spiro atoms. The topological polar surface area (TPSA) is 241 Å². The molecule has 0 aliphatic carbocycles. The third kappa shape index (κ3) is 18.7. The van der Waals surface area contributed by atoms with Gasteiger partial charge < -0.3 is 65.4 Å². The molecule has 0 aromatic heterocycles. The van der Waals surface area contributed by atoms with E-state index in [1.54, 1.807) is 69.0 Å². The summed E-state index contributed by atoms with van der Waals surface area (Å²) in [4.78, 5) is 26.0. The number of esters is 2. The van der Waals surface area contributed by atoms with E-state index in [9.17, 15) is 35.5 Å². The fraction of sp³-hybridized carbons (Fsp3) is 0.415. The van der Waals surface area contributed by atoms with Crippen molar-refractivity contribution in [3.05, 3.63) is 155 Å². The summed E-state index contributed by atoms with van der Waals surface area (Å²) < 4.78 is 120. The van der Waals surface area contributed by atoms with E-state index in [0.29, 0.717) is 107 Å². The number of fused-ring (bicyclic) bond motifs is 2. The molecule has 8 rings (SSSR count). The number of nitrogens with zero attached hydrogens (tertiary/aromatic N) is 2. The Hall–Kier alpha value is -7.60. The first-order valence-corrected chi connectivity index (χ1v) is 31.3. The fourth-order valence-electron chi connectivity index (χ4n) is 11.1. The smallest absolute Gasteiger partial charge is 0.311 e. The van der Waals surface area contributed by atoms with E-state index in [1.807, 2.05) is 24.3 Å². The van der Waals surface area contributed by atoms with Crippen molar-refractivity contribution in [3.63, 3.8) is 0 Å². The normalized spacial score (nSPS) is 17.7. The summed E-state index contributed by atoms with van der Waals surface area (Å²) >= 11 is 0. The predicted molar refractivity (Wildman–Crippen MR) is 324 cm³/mol. The molecule has 87 heavy (non-hydrogen) atoms. The molecule has 0 saturated carbocycles. The van der Waals surface area contributed by atoms with Crippen LogP contribution in [0.2, 0.25) is 0 Å². The SMILES string of the molecule is COc1ccc(C[C@@H]2c3cc(OC)c(OC)cc3CC[N@@+]2(C)CCC(=O)OCCCCCOC(=O)CC[N@+]2(C)CCc3cc(OC)c(OC)cc3[C@H]2Cc2ccc(OC)c(OC)c2)cc1OC.O=S(=O)([O-])c1ccccc1.O=S(=O)([O-])c1ccccc1. The molecule has 2 aliphatic heterocycles. The van der Waals surface area contributed by atoms with Crippen molar-refractivity contribution in [2.24, 2.45) is 0 Å². The van der Waals surface area contributed by atoms with Crippen LogP contribution in [0.4, 0.5) is 0 Å². The van der Waals surface area contributed by atoms with E-state index >= 15 is 0 Å². The van der Waals surface area contributed by atoms with Crippen molar-refractivity contribution in [2.45, 2.75) is 79.7 Å². The number of ether oxygens (including phenoxy) is 10. The molecule has 2 heterocycles. The van der Waals surface area contributed by atoms with Gasteiger partial charge in [-0.2, -0.15) is 0 Å². The molecule has 472 valence electrons. The van der Waals surface area contributed by atoms with Crippen LogP contribution in [-0.4, -0.2) is 157 Å². The van der Waals surface area contributed by atoms with E-state index in [0.717, 1.165) is 56.3 Å². The van der Waals surface area contributed by atoms with Crippen molar-refractivity contribution in [1.82, 2.24) is 0 Å². The van der Waals surface area contributed by atoms with Crippen LogP contribution in [0.15, 0.2) is 131 Å². The second-order valence-corrected chi connectivity index (χ2v) is 24.3. The number of unbranched alkanes of at least 4 members (excludes halogenated alkanes) is 2. The van der Waals surface area contributed by atoms with E-state index in [1.165, 1.54) is 70.8 Å². The van der Waals surface area contributed by atoms with Crippen molar-refractivity contribution >= 4 is 32.2 Å². The van der Waals surface area contributed by atoms with Crippen LogP contribution in [0.1, 0.15) is 77.6 Å². The van der Waals surface area contributed by atoms with Gasteiger partial charge in [0.1, 0.15) is 32.3 Å². The average molecular weight is 1240 g/mol.